The Morgan fingerprint density at radius 3 is 2.83 bits per heavy atom. The molecule has 1 aliphatic rings. The number of aliphatic hydroxyl groups is 1. The Morgan fingerprint density at radius 1 is 1.50 bits per heavy atom. The predicted octanol–water partition coefficient (Wildman–Crippen LogP) is 3.37. The van der Waals surface area contributed by atoms with Crippen molar-refractivity contribution < 1.29 is 5.11 Å². The van der Waals surface area contributed by atoms with E-state index < -0.39 is 0 Å². The molecule has 0 amide bonds. The first-order valence-corrected chi connectivity index (χ1v) is 7.86. The third kappa shape index (κ3) is 2.79. The molecule has 102 valence electrons. The van der Waals surface area contributed by atoms with Crippen molar-refractivity contribution in [2.45, 2.75) is 51.6 Å². The summed E-state index contributed by atoms with van der Waals surface area (Å²) in [6.07, 6.45) is 4.59. The lowest BCUT2D eigenvalue weighted by molar-refractivity contribution is -0.00836. The molecule has 1 aromatic heterocycles. The van der Waals surface area contributed by atoms with E-state index in [1.807, 2.05) is 6.07 Å². The highest BCUT2D eigenvalue weighted by molar-refractivity contribution is 7.10. The monoisotopic (exact) mass is 267 g/mol. The topological polar surface area (TPSA) is 46.2 Å². The summed E-state index contributed by atoms with van der Waals surface area (Å²) in [4.78, 5) is 1.23. The molecule has 2 rings (SSSR count). The molecule has 3 heteroatoms. The molecule has 3 atom stereocenters. The Kier molecular flexibility index (Phi) is 4.46. The molecule has 1 fully saturated rings. The van der Waals surface area contributed by atoms with E-state index in [9.17, 15) is 5.11 Å². The van der Waals surface area contributed by atoms with Gasteiger partial charge in [-0.2, -0.15) is 0 Å². The second-order valence-electron chi connectivity index (χ2n) is 6.19. The lowest BCUT2D eigenvalue weighted by Crippen LogP contribution is -2.41. The van der Waals surface area contributed by atoms with Gasteiger partial charge in [0.05, 0.1) is 6.10 Å². The van der Waals surface area contributed by atoms with Crippen LogP contribution in [0.5, 0.6) is 0 Å². The van der Waals surface area contributed by atoms with Crippen LogP contribution in [-0.2, 0) is 0 Å². The molecule has 0 bridgehead atoms. The summed E-state index contributed by atoms with van der Waals surface area (Å²) < 4.78 is 0. The van der Waals surface area contributed by atoms with Crippen molar-refractivity contribution in [3.8, 4) is 0 Å². The van der Waals surface area contributed by atoms with Gasteiger partial charge < -0.3 is 10.8 Å². The van der Waals surface area contributed by atoms with Crippen LogP contribution in [0.1, 0.15) is 50.3 Å². The van der Waals surface area contributed by atoms with Gasteiger partial charge in [0.2, 0.25) is 0 Å². The number of rotatable bonds is 4. The van der Waals surface area contributed by atoms with Gasteiger partial charge in [0.25, 0.3) is 0 Å². The van der Waals surface area contributed by atoms with E-state index in [2.05, 4.69) is 25.3 Å². The number of aliphatic hydroxyl groups excluding tert-OH is 1. The van der Waals surface area contributed by atoms with Gasteiger partial charge in [-0.15, -0.1) is 11.3 Å². The van der Waals surface area contributed by atoms with Gasteiger partial charge in [-0.1, -0.05) is 32.8 Å². The number of nitrogens with two attached hydrogens (primary N) is 1. The highest BCUT2D eigenvalue weighted by Crippen LogP contribution is 2.45. The molecule has 3 N–H and O–H groups in total. The predicted molar refractivity (Wildman–Crippen MR) is 77.9 cm³/mol. The minimum atomic E-state index is -0.302. The molecule has 3 unspecified atom stereocenters. The van der Waals surface area contributed by atoms with Crippen LogP contribution in [0.2, 0.25) is 0 Å². The van der Waals surface area contributed by atoms with Crippen LogP contribution < -0.4 is 5.73 Å². The number of thiophene rings is 1. The van der Waals surface area contributed by atoms with Gasteiger partial charge >= 0.3 is 0 Å². The number of hydrogen-bond donors (Lipinski definition) is 2. The average molecular weight is 267 g/mol. The van der Waals surface area contributed by atoms with E-state index >= 15 is 0 Å². The van der Waals surface area contributed by atoms with Gasteiger partial charge in [0, 0.05) is 17.3 Å². The fourth-order valence-electron chi connectivity index (χ4n) is 3.36. The highest BCUT2D eigenvalue weighted by Gasteiger charge is 2.40. The Labute approximate surface area is 114 Å². The molecule has 0 aliphatic heterocycles. The van der Waals surface area contributed by atoms with E-state index in [0.29, 0.717) is 12.5 Å². The fraction of sp³-hybridized carbons (Fsp3) is 0.733. The molecule has 1 saturated carbocycles. The molecule has 18 heavy (non-hydrogen) atoms. The summed E-state index contributed by atoms with van der Waals surface area (Å²) in [6, 6.07) is 4.14. The third-order valence-electron chi connectivity index (χ3n) is 4.58. The Balaban J connectivity index is 2.15. The SMILES string of the molecule is CC1(C)CCCCC1C(O)C(CN)c1cccs1. The maximum Gasteiger partial charge on any atom is 0.0662 e. The molecular weight excluding hydrogens is 242 g/mol. The molecule has 0 saturated heterocycles. The summed E-state index contributed by atoms with van der Waals surface area (Å²) in [5.41, 5.74) is 6.15. The lowest BCUT2D eigenvalue weighted by Gasteiger charge is -2.43. The fourth-order valence-corrected chi connectivity index (χ4v) is 4.24. The second-order valence-corrected chi connectivity index (χ2v) is 7.17. The smallest absolute Gasteiger partial charge is 0.0662 e. The normalized spacial score (nSPS) is 26.8. The van der Waals surface area contributed by atoms with Crippen molar-refractivity contribution in [2.75, 3.05) is 6.54 Å². The Morgan fingerprint density at radius 2 is 2.28 bits per heavy atom. The van der Waals surface area contributed by atoms with E-state index in [0.717, 1.165) is 6.42 Å². The second kappa shape index (κ2) is 5.72. The molecular formula is C15H25NOS. The summed E-state index contributed by atoms with van der Waals surface area (Å²) >= 11 is 1.71. The van der Waals surface area contributed by atoms with Crippen molar-refractivity contribution >= 4 is 11.3 Å². The van der Waals surface area contributed by atoms with Gasteiger partial charge in [-0.3, -0.25) is 0 Å². The summed E-state index contributed by atoms with van der Waals surface area (Å²) in [5, 5.41) is 12.8. The highest BCUT2D eigenvalue weighted by atomic mass is 32.1. The van der Waals surface area contributed by atoms with Crippen LogP contribution >= 0.6 is 11.3 Å². The molecule has 2 nitrogen and oxygen atoms in total. The zero-order chi connectivity index (χ0) is 13.2. The van der Waals surface area contributed by atoms with Crippen LogP contribution in [-0.4, -0.2) is 17.8 Å². The van der Waals surface area contributed by atoms with Crippen LogP contribution in [0.25, 0.3) is 0 Å². The van der Waals surface area contributed by atoms with Crippen molar-refractivity contribution in [3.63, 3.8) is 0 Å². The zero-order valence-electron chi connectivity index (χ0n) is 11.4. The maximum absolute atomic E-state index is 10.8. The Bertz CT molecular complexity index is 361. The summed E-state index contributed by atoms with van der Waals surface area (Å²) in [5.74, 6) is 0.481. The van der Waals surface area contributed by atoms with Gasteiger partial charge in [0.1, 0.15) is 0 Å². The molecule has 0 aromatic carbocycles. The minimum absolute atomic E-state index is 0.104. The van der Waals surface area contributed by atoms with E-state index in [1.54, 1.807) is 11.3 Å². The molecule has 1 aromatic rings. The largest absolute Gasteiger partial charge is 0.392 e. The Hall–Kier alpha value is -0.380. The maximum atomic E-state index is 10.8. The van der Waals surface area contributed by atoms with Gasteiger partial charge in [-0.05, 0) is 35.6 Å². The van der Waals surface area contributed by atoms with E-state index in [-0.39, 0.29) is 17.4 Å². The lowest BCUT2D eigenvalue weighted by atomic mass is 9.64. The molecule has 0 spiro atoms. The van der Waals surface area contributed by atoms with Crippen LogP contribution in [0, 0.1) is 11.3 Å². The number of hydrogen-bond acceptors (Lipinski definition) is 3. The van der Waals surface area contributed by atoms with Crippen molar-refractivity contribution in [1.29, 1.82) is 0 Å². The molecule has 0 radical (unpaired) electrons. The molecule has 1 heterocycles. The van der Waals surface area contributed by atoms with E-state index in [4.69, 9.17) is 5.73 Å². The first-order valence-electron chi connectivity index (χ1n) is 6.98. The van der Waals surface area contributed by atoms with Crippen LogP contribution in [0.3, 0.4) is 0 Å². The summed E-state index contributed by atoms with van der Waals surface area (Å²) in [6.45, 7) is 5.12. The van der Waals surface area contributed by atoms with E-state index in [1.165, 1.54) is 24.1 Å². The van der Waals surface area contributed by atoms with Crippen molar-refractivity contribution in [3.05, 3.63) is 22.4 Å². The first-order chi connectivity index (χ1) is 8.56. The van der Waals surface area contributed by atoms with Crippen LogP contribution in [0.15, 0.2) is 17.5 Å². The zero-order valence-corrected chi connectivity index (χ0v) is 12.2. The van der Waals surface area contributed by atoms with Crippen molar-refractivity contribution in [1.82, 2.24) is 0 Å². The minimum Gasteiger partial charge on any atom is -0.392 e. The van der Waals surface area contributed by atoms with Gasteiger partial charge in [-0.25, -0.2) is 0 Å². The summed E-state index contributed by atoms with van der Waals surface area (Å²) in [7, 11) is 0. The van der Waals surface area contributed by atoms with Crippen molar-refractivity contribution in [2.24, 2.45) is 17.1 Å². The molecule has 1 aliphatic carbocycles. The van der Waals surface area contributed by atoms with Crippen LogP contribution in [0.4, 0.5) is 0 Å². The third-order valence-corrected chi connectivity index (χ3v) is 5.58. The quantitative estimate of drug-likeness (QED) is 0.878. The first kappa shape index (κ1) is 14.0. The average Bonchev–Trinajstić information content (AvgIpc) is 2.83. The standard InChI is InChI=1S/C15H25NOS/c1-15(2)8-4-3-6-12(15)14(17)11(10-16)13-7-5-9-18-13/h5,7,9,11-12,14,17H,3-4,6,8,10,16H2,1-2H3. The van der Waals surface area contributed by atoms with Gasteiger partial charge in [0.15, 0.2) is 0 Å².